The molecule has 1 aromatic carbocycles. The molecule has 0 aliphatic carbocycles. The number of para-hydroxylation sites is 2. The van der Waals surface area contributed by atoms with Gasteiger partial charge in [0.25, 0.3) is 0 Å². The van der Waals surface area contributed by atoms with Crippen LogP contribution in [0.4, 0.5) is 5.69 Å². The van der Waals surface area contributed by atoms with Crippen molar-refractivity contribution in [1.29, 1.82) is 0 Å². The van der Waals surface area contributed by atoms with Gasteiger partial charge >= 0.3 is 0 Å². The highest BCUT2D eigenvalue weighted by Gasteiger charge is 2.15. The lowest BCUT2D eigenvalue weighted by Gasteiger charge is -2.21. The van der Waals surface area contributed by atoms with Crippen LogP contribution in [0.2, 0.25) is 0 Å². The van der Waals surface area contributed by atoms with Crippen molar-refractivity contribution in [3.05, 3.63) is 24.3 Å². The maximum absolute atomic E-state index is 12.0. The standard InChI is InChI=1S/C14H21N3O3/c1-3-8-17(14(19)9-15)10-13(18)16-11-6-4-5-7-12(11)20-2/h4-7H,3,8-10,15H2,1-2H3,(H,16,18). The van der Waals surface area contributed by atoms with E-state index < -0.39 is 0 Å². The Kier molecular flexibility index (Phi) is 6.52. The number of nitrogens with one attached hydrogen (secondary N) is 1. The Bertz CT molecular complexity index is 463. The van der Waals surface area contributed by atoms with Gasteiger partial charge in [0, 0.05) is 6.54 Å². The van der Waals surface area contributed by atoms with Crippen LogP contribution in [0.25, 0.3) is 0 Å². The van der Waals surface area contributed by atoms with Gasteiger partial charge in [-0.05, 0) is 18.6 Å². The van der Waals surface area contributed by atoms with Crippen LogP contribution in [0.5, 0.6) is 5.75 Å². The predicted molar refractivity (Wildman–Crippen MR) is 77.5 cm³/mol. The van der Waals surface area contributed by atoms with Gasteiger partial charge < -0.3 is 20.7 Å². The molecule has 0 saturated heterocycles. The predicted octanol–water partition coefficient (Wildman–Crippen LogP) is 0.831. The normalized spacial score (nSPS) is 9.95. The van der Waals surface area contributed by atoms with Gasteiger partial charge in [-0.2, -0.15) is 0 Å². The first-order valence-corrected chi connectivity index (χ1v) is 6.53. The van der Waals surface area contributed by atoms with E-state index in [1.165, 1.54) is 12.0 Å². The van der Waals surface area contributed by atoms with Gasteiger partial charge in [-0.25, -0.2) is 0 Å². The van der Waals surface area contributed by atoms with E-state index in [1.54, 1.807) is 18.2 Å². The molecule has 0 aliphatic heterocycles. The summed E-state index contributed by atoms with van der Waals surface area (Å²) in [6.07, 6.45) is 0.772. The Morgan fingerprint density at radius 1 is 1.35 bits per heavy atom. The summed E-state index contributed by atoms with van der Waals surface area (Å²) in [6, 6.07) is 7.11. The number of amides is 2. The number of carbonyl (C=O) groups excluding carboxylic acids is 2. The molecule has 1 rings (SSSR count). The molecule has 0 aliphatic rings. The molecule has 0 atom stereocenters. The fourth-order valence-electron chi connectivity index (χ4n) is 1.80. The van der Waals surface area contributed by atoms with Crippen molar-refractivity contribution in [1.82, 2.24) is 4.90 Å². The largest absolute Gasteiger partial charge is 0.495 e. The average Bonchev–Trinajstić information content (AvgIpc) is 2.46. The van der Waals surface area contributed by atoms with Crippen LogP contribution in [-0.4, -0.2) is 43.5 Å². The Labute approximate surface area is 118 Å². The molecule has 1 aromatic rings. The summed E-state index contributed by atoms with van der Waals surface area (Å²) in [5, 5.41) is 2.73. The van der Waals surface area contributed by atoms with Gasteiger partial charge in [-0.15, -0.1) is 0 Å². The van der Waals surface area contributed by atoms with Gasteiger partial charge in [0.1, 0.15) is 5.75 Å². The summed E-state index contributed by atoms with van der Waals surface area (Å²) in [6.45, 7) is 2.34. The Hall–Kier alpha value is -2.08. The molecule has 0 unspecified atom stereocenters. The van der Waals surface area contributed by atoms with Crippen molar-refractivity contribution >= 4 is 17.5 Å². The SMILES string of the molecule is CCCN(CC(=O)Nc1ccccc1OC)C(=O)CN. The zero-order valence-corrected chi connectivity index (χ0v) is 11.9. The smallest absolute Gasteiger partial charge is 0.244 e. The van der Waals surface area contributed by atoms with Crippen LogP contribution in [0.1, 0.15) is 13.3 Å². The van der Waals surface area contributed by atoms with E-state index in [9.17, 15) is 9.59 Å². The van der Waals surface area contributed by atoms with Crippen LogP contribution < -0.4 is 15.8 Å². The first kappa shape index (κ1) is 16.0. The van der Waals surface area contributed by atoms with Gasteiger partial charge in [0.05, 0.1) is 25.9 Å². The Morgan fingerprint density at radius 2 is 2.05 bits per heavy atom. The molecule has 20 heavy (non-hydrogen) atoms. The fourth-order valence-corrected chi connectivity index (χ4v) is 1.80. The highest BCUT2D eigenvalue weighted by Crippen LogP contribution is 2.22. The number of rotatable bonds is 7. The van der Waals surface area contributed by atoms with Crippen LogP contribution in [-0.2, 0) is 9.59 Å². The lowest BCUT2D eigenvalue weighted by molar-refractivity contribution is -0.133. The zero-order valence-electron chi connectivity index (χ0n) is 11.9. The molecule has 0 aromatic heterocycles. The molecule has 2 amide bonds. The summed E-state index contributed by atoms with van der Waals surface area (Å²) in [4.78, 5) is 25.0. The molecule has 110 valence electrons. The first-order chi connectivity index (χ1) is 9.62. The maximum Gasteiger partial charge on any atom is 0.244 e. The molecule has 3 N–H and O–H groups in total. The number of ether oxygens (including phenoxy) is 1. The second-order valence-corrected chi connectivity index (χ2v) is 4.27. The average molecular weight is 279 g/mol. The topological polar surface area (TPSA) is 84.7 Å². The number of nitrogens with two attached hydrogens (primary N) is 1. The van der Waals surface area contributed by atoms with E-state index in [4.69, 9.17) is 10.5 Å². The van der Waals surface area contributed by atoms with Crippen LogP contribution >= 0.6 is 0 Å². The Morgan fingerprint density at radius 3 is 2.65 bits per heavy atom. The molecular formula is C14H21N3O3. The summed E-state index contributed by atoms with van der Waals surface area (Å²) >= 11 is 0. The quantitative estimate of drug-likeness (QED) is 0.774. The molecule has 0 radical (unpaired) electrons. The minimum Gasteiger partial charge on any atom is -0.495 e. The van der Waals surface area contributed by atoms with Crippen molar-refractivity contribution in [2.24, 2.45) is 5.73 Å². The molecule has 0 fully saturated rings. The highest BCUT2D eigenvalue weighted by molar-refractivity contribution is 5.95. The van der Waals surface area contributed by atoms with E-state index in [2.05, 4.69) is 5.32 Å². The number of benzene rings is 1. The summed E-state index contributed by atoms with van der Waals surface area (Å²) in [5.41, 5.74) is 5.91. The number of hydrogen-bond acceptors (Lipinski definition) is 4. The van der Waals surface area contributed by atoms with E-state index in [0.29, 0.717) is 18.0 Å². The van der Waals surface area contributed by atoms with E-state index >= 15 is 0 Å². The number of carbonyl (C=O) groups is 2. The third-order valence-electron chi connectivity index (χ3n) is 2.74. The molecular weight excluding hydrogens is 258 g/mol. The molecule has 0 bridgehead atoms. The van der Waals surface area contributed by atoms with E-state index in [0.717, 1.165) is 6.42 Å². The zero-order chi connectivity index (χ0) is 15.0. The lowest BCUT2D eigenvalue weighted by atomic mass is 10.3. The highest BCUT2D eigenvalue weighted by atomic mass is 16.5. The molecule has 0 spiro atoms. The number of nitrogens with zero attached hydrogens (tertiary/aromatic N) is 1. The second kappa shape index (κ2) is 8.16. The van der Waals surface area contributed by atoms with Crippen molar-refractivity contribution in [3.63, 3.8) is 0 Å². The van der Waals surface area contributed by atoms with Crippen molar-refractivity contribution in [2.45, 2.75) is 13.3 Å². The van der Waals surface area contributed by atoms with Crippen molar-refractivity contribution in [3.8, 4) is 5.75 Å². The maximum atomic E-state index is 12.0. The van der Waals surface area contributed by atoms with Crippen molar-refractivity contribution < 1.29 is 14.3 Å². The fraction of sp³-hybridized carbons (Fsp3) is 0.429. The van der Waals surface area contributed by atoms with Crippen molar-refractivity contribution in [2.75, 3.05) is 32.1 Å². The van der Waals surface area contributed by atoms with Gasteiger partial charge in [-0.1, -0.05) is 19.1 Å². The van der Waals surface area contributed by atoms with Crippen LogP contribution in [0.15, 0.2) is 24.3 Å². The minimum atomic E-state index is -0.273. The van der Waals surface area contributed by atoms with Crippen LogP contribution in [0, 0.1) is 0 Å². The van der Waals surface area contributed by atoms with Gasteiger partial charge in [0.2, 0.25) is 11.8 Å². The third kappa shape index (κ3) is 4.55. The number of anilines is 1. The number of methoxy groups -OCH3 is 1. The first-order valence-electron chi connectivity index (χ1n) is 6.53. The third-order valence-corrected chi connectivity index (χ3v) is 2.74. The lowest BCUT2D eigenvalue weighted by Crippen LogP contribution is -2.41. The molecule has 6 nitrogen and oxygen atoms in total. The molecule has 0 saturated carbocycles. The second-order valence-electron chi connectivity index (χ2n) is 4.27. The van der Waals surface area contributed by atoms with Gasteiger partial charge in [0.15, 0.2) is 0 Å². The van der Waals surface area contributed by atoms with Crippen LogP contribution in [0.3, 0.4) is 0 Å². The van der Waals surface area contributed by atoms with E-state index in [1.807, 2.05) is 13.0 Å². The Balaban J connectivity index is 2.68. The summed E-state index contributed by atoms with van der Waals surface area (Å²) in [5.74, 6) is 0.0693. The van der Waals surface area contributed by atoms with E-state index in [-0.39, 0.29) is 24.9 Å². The number of hydrogen-bond donors (Lipinski definition) is 2. The van der Waals surface area contributed by atoms with Gasteiger partial charge in [-0.3, -0.25) is 9.59 Å². The monoisotopic (exact) mass is 279 g/mol. The summed E-state index contributed by atoms with van der Waals surface area (Å²) < 4.78 is 5.15. The molecule has 6 heteroatoms. The minimum absolute atomic E-state index is 0.0120. The molecule has 0 heterocycles. The summed E-state index contributed by atoms with van der Waals surface area (Å²) in [7, 11) is 1.53.